The highest BCUT2D eigenvalue weighted by atomic mass is 16.2. The quantitative estimate of drug-likeness (QED) is 0.552. The van der Waals surface area contributed by atoms with Crippen molar-refractivity contribution in [2.75, 3.05) is 6.61 Å². The van der Waals surface area contributed by atoms with Crippen LogP contribution in [0.5, 0.6) is 0 Å². The predicted octanol–water partition coefficient (Wildman–Crippen LogP) is 4.91. The van der Waals surface area contributed by atoms with E-state index in [4.69, 9.17) is 0 Å². The molecular weight excluding hydrogens is 282 g/mol. The Morgan fingerprint density at radius 1 is 0.826 bits per heavy atom. The number of rotatable bonds is 4. The molecular formula is C21H19NO. The van der Waals surface area contributed by atoms with Gasteiger partial charge in [0.05, 0.1) is 0 Å². The van der Waals surface area contributed by atoms with Gasteiger partial charge >= 0.3 is 0 Å². The van der Waals surface area contributed by atoms with E-state index in [1.165, 1.54) is 33.0 Å². The highest BCUT2D eigenvalue weighted by Gasteiger charge is 2.12. The molecule has 0 aliphatic heterocycles. The molecule has 1 aromatic heterocycles. The highest BCUT2D eigenvalue weighted by Crippen LogP contribution is 2.32. The Morgan fingerprint density at radius 2 is 1.61 bits per heavy atom. The van der Waals surface area contributed by atoms with Gasteiger partial charge in [-0.1, -0.05) is 54.6 Å². The molecule has 114 valence electrons. The second kappa shape index (κ2) is 5.90. The van der Waals surface area contributed by atoms with E-state index in [0.29, 0.717) is 0 Å². The van der Waals surface area contributed by atoms with Crippen molar-refractivity contribution in [1.29, 1.82) is 0 Å². The number of fused-ring (bicyclic) bond motifs is 2. The van der Waals surface area contributed by atoms with Crippen LogP contribution in [0.2, 0.25) is 0 Å². The Hall–Kier alpha value is -2.58. The monoisotopic (exact) mass is 301 g/mol. The van der Waals surface area contributed by atoms with Crippen molar-refractivity contribution in [2.24, 2.45) is 0 Å². The van der Waals surface area contributed by atoms with Crippen molar-refractivity contribution in [3.05, 3.63) is 72.3 Å². The maximum absolute atomic E-state index is 9.23. The minimum atomic E-state index is 0.219. The Bertz CT molecular complexity index is 968. The van der Waals surface area contributed by atoms with Gasteiger partial charge in [0.25, 0.3) is 0 Å². The molecule has 0 atom stereocenters. The molecule has 0 aliphatic carbocycles. The largest absolute Gasteiger partial charge is 0.396 e. The normalized spacial score (nSPS) is 11.3. The summed E-state index contributed by atoms with van der Waals surface area (Å²) < 4.78 is 0. The first kappa shape index (κ1) is 14.0. The van der Waals surface area contributed by atoms with E-state index in [1.54, 1.807) is 0 Å². The maximum atomic E-state index is 9.23. The third-order valence-corrected chi connectivity index (χ3v) is 4.44. The molecule has 0 saturated heterocycles. The average molecular weight is 301 g/mol. The van der Waals surface area contributed by atoms with E-state index >= 15 is 0 Å². The van der Waals surface area contributed by atoms with Crippen LogP contribution < -0.4 is 0 Å². The Labute approximate surface area is 135 Å². The summed E-state index contributed by atoms with van der Waals surface area (Å²) >= 11 is 0. The summed E-state index contributed by atoms with van der Waals surface area (Å²) in [5.74, 6) is 0. The number of aryl methyl sites for hydroxylation is 1. The lowest BCUT2D eigenvalue weighted by Crippen LogP contribution is -1.91. The van der Waals surface area contributed by atoms with Gasteiger partial charge in [-0.25, -0.2) is 0 Å². The molecule has 0 radical (unpaired) electrons. The van der Waals surface area contributed by atoms with Crippen molar-refractivity contribution in [2.45, 2.75) is 12.8 Å². The van der Waals surface area contributed by atoms with Crippen LogP contribution in [-0.2, 0) is 6.42 Å². The molecule has 0 unspecified atom stereocenters. The SMILES string of the molecule is OCCCc1c(-c2ccc3ccccc3c2)[nH]c2ccccc12. The van der Waals surface area contributed by atoms with E-state index in [2.05, 4.69) is 71.7 Å². The number of H-pyrrole nitrogens is 1. The molecule has 4 aromatic rings. The topological polar surface area (TPSA) is 36.0 Å². The minimum Gasteiger partial charge on any atom is -0.396 e. The molecule has 0 bridgehead atoms. The van der Waals surface area contributed by atoms with Gasteiger partial charge in [0, 0.05) is 23.2 Å². The number of para-hydroxylation sites is 1. The lowest BCUT2D eigenvalue weighted by atomic mass is 9.99. The summed E-state index contributed by atoms with van der Waals surface area (Å²) in [4.78, 5) is 3.57. The Balaban J connectivity index is 1.91. The average Bonchev–Trinajstić information content (AvgIpc) is 2.98. The predicted molar refractivity (Wildman–Crippen MR) is 96.6 cm³/mol. The minimum absolute atomic E-state index is 0.219. The fourth-order valence-electron chi connectivity index (χ4n) is 3.31. The second-order valence-corrected chi connectivity index (χ2v) is 5.91. The first-order chi connectivity index (χ1) is 11.4. The van der Waals surface area contributed by atoms with E-state index in [-0.39, 0.29) is 6.61 Å². The van der Waals surface area contributed by atoms with Crippen molar-refractivity contribution in [1.82, 2.24) is 4.98 Å². The summed E-state index contributed by atoms with van der Waals surface area (Å²) in [5.41, 5.74) is 4.83. The van der Waals surface area contributed by atoms with Gasteiger partial charge in [-0.3, -0.25) is 0 Å². The molecule has 4 rings (SSSR count). The van der Waals surface area contributed by atoms with Gasteiger partial charge < -0.3 is 10.1 Å². The van der Waals surface area contributed by atoms with E-state index in [0.717, 1.165) is 18.4 Å². The zero-order valence-electron chi connectivity index (χ0n) is 12.9. The van der Waals surface area contributed by atoms with Gasteiger partial charge in [-0.05, 0) is 46.9 Å². The summed E-state index contributed by atoms with van der Waals surface area (Å²) in [6.07, 6.45) is 1.66. The van der Waals surface area contributed by atoms with Crippen molar-refractivity contribution in [3.8, 4) is 11.3 Å². The summed E-state index contributed by atoms with van der Waals surface area (Å²) in [7, 11) is 0. The van der Waals surface area contributed by atoms with Gasteiger partial charge in [-0.15, -0.1) is 0 Å². The fourth-order valence-corrected chi connectivity index (χ4v) is 3.31. The zero-order valence-corrected chi connectivity index (χ0v) is 12.9. The van der Waals surface area contributed by atoms with Crippen LogP contribution in [0.15, 0.2) is 66.7 Å². The molecule has 0 aliphatic rings. The number of hydrogen-bond donors (Lipinski definition) is 2. The Morgan fingerprint density at radius 3 is 2.48 bits per heavy atom. The molecule has 0 amide bonds. The summed E-state index contributed by atoms with van der Waals surface area (Å²) in [6, 6.07) is 23.4. The molecule has 0 saturated carbocycles. The number of hydrogen-bond acceptors (Lipinski definition) is 1. The van der Waals surface area contributed by atoms with Crippen molar-refractivity contribution in [3.63, 3.8) is 0 Å². The zero-order chi connectivity index (χ0) is 15.6. The van der Waals surface area contributed by atoms with Crippen molar-refractivity contribution < 1.29 is 5.11 Å². The van der Waals surface area contributed by atoms with Gasteiger partial charge in [0.15, 0.2) is 0 Å². The highest BCUT2D eigenvalue weighted by molar-refractivity contribution is 5.93. The van der Waals surface area contributed by atoms with E-state index < -0.39 is 0 Å². The second-order valence-electron chi connectivity index (χ2n) is 5.91. The van der Waals surface area contributed by atoms with Gasteiger partial charge in [0.2, 0.25) is 0 Å². The number of aliphatic hydroxyl groups is 1. The van der Waals surface area contributed by atoms with Crippen LogP contribution in [0.4, 0.5) is 0 Å². The number of nitrogens with one attached hydrogen (secondary N) is 1. The molecule has 2 nitrogen and oxygen atoms in total. The van der Waals surface area contributed by atoms with Crippen LogP contribution >= 0.6 is 0 Å². The smallest absolute Gasteiger partial charge is 0.0497 e. The van der Waals surface area contributed by atoms with Crippen molar-refractivity contribution >= 4 is 21.7 Å². The van der Waals surface area contributed by atoms with Gasteiger partial charge in [0.1, 0.15) is 0 Å². The number of benzene rings is 3. The van der Waals surface area contributed by atoms with E-state index in [9.17, 15) is 5.11 Å². The first-order valence-electron chi connectivity index (χ1n) is 8.06. The molecule has 2 N–H and O–H groups in total. The van der Waals surface area contributed by atoms with Crippen LogP contribution in [0.3, 0.4) is 0 Å². The number of aromatic amines is 1. The Kier molecular flexibility index (Phi) is 3.60. The lowest BCUT2D eigenvalue weighted by molar-refractivity contribution is 0.289. The molecule has 1 heterocycles. The van der Waals surface area contributed by atoms with Crippen LogP contribution in [-0.4, -0.2) is 16.7 Å². The fraction of sp³-hybridized carbons (Fsp3) is 0.143. The molecule has 0 fully saturated rings. The van der Waals surface area contributed by atoms with Crippen LogP contribution in [0.25, 0.3) is 32.9 Å². The first-order valence-corrected chi connectivity index (χ1v) is 8.06. The summed E-state index contributed by atoms with van der Waals surface area (Å²) in [6.45, 7) is 0.219. The van der Waals surface area contributed by atoms with Crippen LogP contribution in [0.1, 0.15) is 12.0 Å². The third-order valence-electron chi connectivity index (χ3n) is 4.44. The number of aliphatic hydroxyl groups excluding tert-OH is 1. The molecule has 2 heteroatoms. The standard InChI is InChI=1S/C21H19NO/c23-13-5-9-19-18-8-3-4-10-20(18)22-21(19)17-12-11-15-6-1-2-7-16(15)14-17/h1-4,6-8,10-12,14,22-23H,5,9,13H2. The lowest BCUT2D eigenvalue weighted by Gasteiger charge is -2.06. The number of aromatic nitrogens is 1. The van der Waals surface area contributed by atoms with Crippen LogP contribution in [0, 0.1) is 0 Å². The molecule has 23 heavy (non-hydrogen) atoms. The van der Waals surface area contributed by atoms with E-state index in [1.807, 2.05) is 0 Å². The molecule has 0 spiro atoms. The maximum Gasteiger partial charge on any atom is 0.0497 e. The summed E-state index contributed by atoms with van der Waals surface area (Å²) in [5, 5.41) is 13.0. The van der Waals surface area contributed by atoms with Gasteiger partial charge in [-0.2, -0.15) is 0 Å². The molecule has 3 aromatic carbocycles. The third kappa shape index (κ3) is 2.51.